The van der Waals surface area contributed by atoms with Crippen LogP contribution in [0.3, 0.4) is 0 Å². The van der Waals surface area contributed by atoms with Gasteiger partial charge >= 0.3 is 5.97 Å². The van der Waals surface area contributed by atoms with Crippen molar-refractivity contribution in [2.24, 2.45) is 5.41 Å². The van der Waals surface area contributed by atoms with E-state index in [1.807, 2.05) is 27.4 Å². The molecule has 2 atom stereocenters. The molecule has 4 rings (SSSR count). The van der Waals surface area contributed by atoms with Crippen LogP contribution in [0.1, 0.15) is 49.2 Å². The van der Waals surface area contributed by atoms with Gasteiger partial charge in [-0.25, -0.2) is 4.79 Å². The Kier molecular flexibility index (Phi) is 5.23. The molecule has 0 radical (unpaired) electrons. The summed E-state index contributed by atoms with van der Waals surface area (Å²) in [7, 11) is 0. The fraction of sp³-hybridized carbons (Fsp3) is 0.435. The van der Waals surface area contributed by atoms with E-state index >= 15 is 0 Å². The van der Waals surface area contributed by atoms with Gasteiger partial charge in [-0.3, -0.25) is 9.48 Å². The van der Waals surface area contributed by atoms with E-state index in [-0.39, 0.29) is 23.6 Å². The Hall–Kier alpha value is -2.97. The van der Waals surface area contributed by atoms with E-state index in [1.54, 1.807) is 0 Å². The fourth-order valence-corrected chi connectivity index (χ4v) is 4.33. The summed E-state index contributed by atoms with van der Waals surface area (Å²) < 4.78 is 3.81. The molecule has 1 aliphatic rings. The number of aromatic nitrogens is 3. The van der Waals surface area contributed by atoms with E-state index in [9.17, 15) is 19.8 Å². The van der Waals surface area contributed by atoms with Crippen molar-refractivity contribution in [3.05, 3.63) is 51.8 Å². The van der Waals surface area contributed by atoms with Crippen LogP contribution >= 0.6 is 0 Å². The number of fused-ring (bicyclic) bond motifs is 5. The van der Waals surface area contributed by atoms with Crippen LogP contribution in [-0.2, 0) is 13.0 Å². The van der Waals surface area contributed by atoms with Crippen molar-refractivity contribution in [2.45, 2.75) is 52.3 Å². The van der Waals surface area contributed by atoms with Crippen LogP contribution in [0.2, 0.25) is 0 Å². The lowest BCUT2D eigenvalue weighted by Gasteiger charge is -2.38. The van der Waals surface area contributed by atoms with Gasteiger partial charge in [0.25, 0.3) is 0 Å². The zero-order chi connectivity index (χ0) is 22.5. The van der Waals surface area contributed by atoms with E-state index in [0.717, 1.165) is 22.2 Å². The van der Waals surface area contributed by atoms with E-state index in [0.29, 0.717) is 25.1 Å². The highest BCUT2D eigenvalue weighted by molar-refractivity contribution is 5.95. The Morgan fingerprint density at radius 3 is 2.71 bits per heavy atom. The minimum absolute atomic E-state index is 0.0947. The number of carboxylic acid groups (broad SMARTS) is 1. The molecule has 8 heteroatoms. The molecule has 0 bridgehead atoms. The van der Waals surface area contributed by atoms with Crippen molar-refractivity contribution >= 4 is 16.9 Å². The maximum absolute atomic E-state index is 12.6. The molecule has 31 heavy (non-hydrogen) atoms. The molecule has 3 aromatic rings. The number of carbonyl (C=O) groups is 1. The third-order valence-corrected chi connectivity index (χ3v) is 6.05. The van der Waals surface area contributed by atoms with E-state index < -0.39 is 17.5 Å². The highest BCUT2D eigenvalue weighted by Gasteiger charge is 2.35. The Balaban J connectivity index is 1.94. The zero-order valence-electron chi connectivity index (χ0n) is 17.9. The second-order valence-corrected chi connectivity index (χ2v) is 9.25. The highest BCUT2D eigenvalue weighted by atomic mass is 16.4. The highest BCUT2D eigenvalue weighted by Crippen LogP contribution is 2.42. The van der Waals surface area contributed by atoms with Crippen LogP contribution in [0.25, 0.3) is 22.3 Å². The van der Waals surface area contributed by atoms with Crippen molar-refractivity contribution in [2.75, 3.05) is 6.61 Å². The van der Waals surface area contributed by atoms with Crippen LogP contribution in [0.4, 0.5) is 0 Å². The number of pyridine rings is 1. The lowest BCUT2D eigenvalue weighted by molar-refractivity contribution is 0.0693. The maximum Gasteiger partial charge on any atom is 0.341 e. The van der Waals surface area contributed by atoms with Gasteiger partial charge in [-0.2, -0.15) is 5.10 Å². The summed E-state index contributed by atoms with van der Waals surface area (Å²) in [6, 6.07) is 7.11. The third kappa shape index (κ3) is 3.66. The molecule has 1 aliphatic heterocycles. The number of benzene rings is 1. The van der Waals surface area contributed by atoms with Crippen molar-refractivity contribution in [3.8, 4) is 11.4 Å². The lowest BCUT2D eigenvalue weighted by atomic mass is 9.85. The number of aliphatic hydroxyl groups is 2. The predicted molar refractivity (Wildman–Crippen MR) is 116 cm³/mol. The smallest absolute Gasteiger partial charge is 0.341 e. The van der Waals surface area contributed by atoms with E-state index in [1.165, 1.54) is 12.3 Å². The van der Waals surface area contributed by atoms with E-state index in [4.69, 9.17) is 10.2 Å². The SMILES string of the molecule is CC(C)(C)C1Cn2nc3c(CCC(O)CO)cccc3c2-c2cc(=O)c(C(=O)O)cn21. The molecular weight excluding hydrogens is 398 g/mol. The Labute approximate surface area is 179 Å². The van der Waals surface area contributed by atoms with Crippen molar-refractivity contribution in [1.29, 1.82) is 0 Å². The van der Waals surface area contributed by atoms with Crippen LogP contribution in [0.15, 0.2) is 35.3 Å². The first kappa shape index (κ1) is 21.3. The summed E-state index contributed by atoms with van der Waals surface area (Å²) in [5.74, 6) is -1.23. The molecule has 3 N–H and O–H groups in total. The number of hydrogen-bond acceptors (Lipinski definition) is 5. The lowest BCUT2D eigenvalue weighted by Crippen LogP contribution is -2.35. The third-order valence-electron chi connectivity index (χ3n) is 6.05. The van der Waals surface area contributed by atoms with Gasteiger partial charge < -0.3 is 19.9 Å². The predicted octanol–water partition coefficient (Wildman–Crippen LogP) is 2.45. The molecule has 0 amide bonds. The number of rotatable bonds is 5. The van der Waals surface area contributed by atoms with Gasteiger partial charge in [0.15, 0.2) is 5.43 Å². The first-order chi connectivity index (χ1) is 14.6. The largest absolute Gasteiger partial charge is 0.477 e. The molecule has 164 valence electrons. The van der Waals surface area contributed by atoms with Gasteiger partial charge in [0.2, 0.25) is 0 Å². The topological polar surface area (TPSA) is 118 Å². The van der Waals surface area contributed by atoms with Gasteiger partial charge in [-0.15, -0.1) is 0 Å². The van der Waals surface area contributed by atoms with Gasteiger partial charge in [0.1, 0.15) is 5.56 Å². The van der Waals surface area contributed by atoms with Crippen molar-refractivity contribution in [3.63, 3.8) is 0 Å². The monoisotopic (exact) mass is 425 g/mol. The van der Waals surface area contributed by atoms with Crippen molar-refractivity contribution < 1.29 is 20.1 Å². The number of hydrogen-bond donors (Lipinski definition) is 3. The minimum Gasteiger partial charge on any atom is -0.477 e. The minimum atomic E-state index is -1.23. The standard InChI is InChI=1S/C23H27N3O5/c1-23(2,3)19-11-26-21(17-9-18(29)16(22(30)31)10-25(17)19)15-6-4-5-13(20(15)24-26)7-8-14(28)12-27/h4-6,9-10,14,19,27-28H,7-8,11-12H2,1-3H3,(H,30,31). The number of nitrogens with zero attached hydrogens (tertiary/aromatic N) is 3. The summed E-state index contributed by atoms with van der Waals surface area (Å²) in [6.45, 7) is 6.49. The summed E-state index contributed by atoms with van der Waals surface area (Å²) >= 11 is 0. The van der Waals surface area contributed by atoms with Crippen LogP contribution in [0.5, 0.6) is 0 Å². The molecule has 2 unspecified atom stereocenters. The average molecular weight is 425 g/mol. The molecule has 8 nitrogen and oxygen atoms in total. The Bertz CT molecular complexity index is 1220. The summed E-state index contributed by atoms with van der Waals surface area (Å²) in [5.41, 5.74) is 2.20. The number of carboxylic acids is 1. The number of aliphatic hydroxyl groups excluding tert-OH is 2. The van der Waals surface area contributed by atoms with Gasteiger partial charge in [-0.05, 0) is 23.8 Å². The van der Waals surface area contributed by atoms with Gasteiger partial charge in [0.05, 0.1) is 42.2 Å². The molecule has 0 spiro atoms. The summed E-state index contributed by atoms with van der Waals surface area (Å²) in [5, 5.41) is 34.1. The molecule has 2 aromatic heterocycles. The molecule has 0 fully saturated rings. The molecule has 0 saturated carbocycles. The number of aromatic carboxylic acids is 1. The second kappa shape index (κ2) is 7.62. The first-order valence-electron chi connectivity index (χ1n) is 10.4. The molecule has 0 saturated heterocycles. The number of aryl methyl sites for hydroxylation is 1. The van der Waals surface area contributed by atoms with Crippen LogP contribution in [-0.4, -0.2) is 48.3 Å². The molecular formula is C23H27N3O5. The quantitative estimate of drug-likeness (QED) is 0.578. The molecule has 0 aliphatic carbocycles. The zero-order valence-corrected chi connectivity index (χ0v) is 17.9. The summed E-state index contributed by atoms with van der Waals surface area (Å²) in [6.07, 6.45) is 1.65. The first-order valence-corrected chi connectivity index (χ1v) is 10.4. The molecule has 3 heterocycles. The summed E-state index contributed by atoms with van der Waals surface area (Å²) in [4.78, 5) is 24.2. The van der Waals surface area contributed by atoms with E-state index in [2.05, 4.69) is 20.8 Å². The van der Waals surface area contributed by atoms with Crippen molar-refractivity contribution in [1.82, 2.24) is 14.3 Å². The maximum atomic E-state index is 12.6. The molecule has 1 aromatic carbocycles. The Morgan fingerprint density at radius 1 is 1.32 bits per heavy atom. The Morgan fingerprint density at radius 2 is 2.06 bits per heavy atom. The average Bonchev–Trinajstić information content (AvgIpc) is 3.09. The van der Waals surface area contributed by atoms with Gasteiger partial charge in [0, 0.05) is 17.6 Å². The van der Waals surface area contributed by atoms with Gasteiger partial charge in [-0.1, -0.05) is 39.0 Å². The fourth-order valence-electron chi connectivity index (χ4n) is 4.33. The normalized spacial score (nSPS) is 16.7. The van der Waals surface area contributed by atoms with Crippen LogP contribution in [0, 0.1) is 5.41 Å². The second-order valence-electron chi connectivity index (χ2n) is 9.25. The van der Waals surface area contributed by atoms with Crippen LogP contribution < -0.4 is 5.43 Å².